The topological polar surface area (TPSA) is 79.5 Å². The van der Waals surface area contributed by atoms with Gasteiger partial charge in [-0.05, 0) is 12.1 Å². The van der Waals surface area contributed by atoms with E-state index < -0.39 is 0 Å². The van der Waals surface area contributed by atoms with Gasteiger partial charge in [0.15, 0.2) is 5.75 Å². The lowest BCUT2D eigenvalue weighted by molar-refractivity contribution is 0.366. The first-order valence-electron chi connectivity index (χ1n) is 5.32. The van der Waals surface area contributed by atoms with Gasteiger partial charge in [0.25, 0.3) is 0 Å². The van der Waals surface area contributed by atoms with Crippen molar-refractivity contribution in [3.8, 4) is 23.4 Å². The second kappa shape index (κ2) is 5.62. The summed E-state index contributed by atoms with van der Waals surface area (Å²) in [5.74, 6) is 1.23. The van der Waals surface area contributed by atoms with E-state index in [1.165, 1.54) is 13.3 Å². The van der Waals surface area contributed by atoms with Crippen molar-refractivity contribution in [2.75, 3.05) is 20.0 Å². The van der Waals surface area contributed by atoms with Gasteiger partial charge in [0.1, 0.15) is 10.8 Å². The number of ether oxygens (including phenoxy) is 3. The van der Waals surface area contributed by atoms with Gasteiger partial charge in [-0.15, -0.1) is 0 Å². The summed E-state index contributed by atoms with van der Waals surface area (Å²) in [6, 6.07) is 5.19. The van der Waals surface area contributed by atoms with Crippen LogP contribution in [0.2, 0.25) is 5.02 Å². The summed E-state index contributed by atoms with van der Waals surface area (Å²) in [4.78, 5) is 7.85. The van der Waals surface area contributed by atoms with Crippen LogP contribution >= 0.6 is 11.6 Å². The Hall–Kier alpha value is -2.21. The Balaban J connectivity index is 2.30. The molecule has 0 atom stereocenters. The second-order valence-electron chi connectivity index (χ2n) is 3.52. The van der Waals surface area contributed by atoms with Crippen molar-refractivity contribution in [1.29, 1.82) is 0 Å². The van der Waals surface area contributed by atoms with Crippen LogP contribution in [0.25, 0.3) is 0 Å². The fourth-order valence-electron chi connectivity index (χ4n) is 1.36. The Morgan fingerprint density at radius 2 is 2.00 bits per heavy atom. The fraction of sp³-hybridized carbons (Fsp3) is 0.167. The fourth-order valence-corrected chi connectivity index (χ4v) is 1.49. The lowest BCUT2D eigenvalue weighted by Crippen LogP contribution is -1.98. The molecule has 0 aliphatic carbocycles. The van der Waals surface area contributed by atoms with E-state index in [0.717, 1.165) is 0 Å². The van der Waals surface area contributed by atoms with Gasteiger partial charge in [0.05, 0.1) is 26.1 Å². The average molecular weight is 282 g/mol. The lowest BCUT2D eigenvalue weighted by Gasteiger charge is -2.10. The molecule has 0 spiro atoms. The summed E-state index contributed by atoms with van der Waals surface area (Å²) < 4.78 is 15.5. The zero-order chi connectivity index (χ0) is 13.8. The summed E-state index contributed by atoms with van der Waals surface area (Å²) in [7, 11) is 3.01. The minimum absolute atomic E-state index is 0.159. The normalized spacial score (nSPS) is 10.1. The molecule has 2 aromatic rings. The van der Waals surface area contributed by atoms with Crippen LogP contribution in [0.5, 0.6) is 23.4 Å². The molecule has 19 heavy (non-hydrogen) atoms. The number of aromatic nitrogens is 2. The third-order valence-corrected chi connectivity index (χ3v) is 2.56. The molecular weight excluding hydrogens is 270 g/mol. The van der Waals surface area contributed by atoms with Gasteiger partial charge in [0, 0.05) is 6.07 Å². The smallest absolute Gasteiger partial charge is 0.319 e. The van der Waals surface area contributed by atoms with Gasteiger partial charge in [-0.1, -0.05) is 11.6 Å². The van der Waals surface area contributed by atoms with Crippen LogP contribution < -0.4 is 19.9 Å². The number of nitrogen functional groups attached to an aromatic ring is 1. The standard InChI is InChI=1S/C12H12ClN3O3/c1-17-7-3-4-10(9(14)5-7)19-11-8(13)6-15-12(16-11)18-2/h3-6H,14H2,1-2H3. The van der Waals surface area contributed by atoms with E-state index in [1.807, 2.05) is 0 Å². The predicted octanol–water partition coefficient (Wildman–Crippen LogP) is 2.52. The minimum Gasteiger partial charge on any atom is -0.497 e. The maximum absolute atomic E-state index is 5.94. The molecule has 7 heteroatoms. The van der Waals surface area contributed by atoms with Crippen LogP contribution in [0, 0.1) is 0 Å². The number of benzene rings is 1. The summed E-state index contributed by atoms with van der Waals surface area (Å²) in [5, 5.41) is 0.260. The Labute approximate surface area is 115 Å². The summed E-state index contributed by atoms with van der Waals surface area (Å²) in [6.45, 7) is 0. The number of rotatable bonds is 4. The number of methoxy groups -OCH3 is 2. The minimum atomic E-state index is 0.159. The van der Waals surface area contributed by atoms with Gasteiger partial charge in [-0.3, -0.25) is 0 Å². The molecule has 2 N–H and O–H groups in total. The highest BCUT2D eigenvalue weighted by molar-refractivity contribution is 6.31. The summed E-state index contributed by atoms with van der Waals surface area (Å²) in [5.41, 5.74) is 6.25. The molecule has 0 saturated carbocycles. The largest absolute Gasteiger partial charge is 0.497 e. The number of anilines is 1. The van der Waals surface area contributed by atoms with Gasteiger partial charge in [0.2, 0.25) is 5.88 Å². The molecule has 0 unspecified atom stereocenters. The molecule has 0 aliphatic heterocycles. The van der Waals surface area contributed by atoms with Crippen molar-refractivity contribution in [3.05, 3.63) is 29.4 Å². The number of halogens is 1. The molecule has 0 fully saturated rings. The SMILES string of the molecule is COc1ccc(Oc2nc(OC)ncc2Cl)c(N)c1. The third-order valence-electron chi connectivity index (χ3n) is 2.30. The first-order valence-corrected chi connectivity index (χ1v) is 5.69. The monoisotopic (exact) mass is 281 g/mol. The molecule has 0 aliphatic rings. The molecule has 2 rings (SSSR count). The van der Waals surface area contributed by atoms with Crippen LogP contribution in [0.3, 0.4) is 0 Å². The van der Waals surface area contributed by atoms with Crippen LogP contribution in [0.4, 0.5) is 5.69 Å². The van der Waals surface area contributed by atoms with Crippen molar-refractivity contribution in [2.45, 2.75) is 0 Å². The molecule has 1 aromatic heterocycles. The quantitative estimate of drug-likeness (QED) is 0.868. The Bertz CT molecular complexity index is 592. The van der Waals surface area contributed by atoms with E-state index in [9.17, 15) is 0 Å². The maximum atomic E-state index is 5.94. The van der Waals surface area contributed by atoms with Gasteiger partial charge in [-0.25, -0.2) is 4.98 Å². The van der Waals surface area contributed by atoms with Crippen molar-refractivity contribution in [3.63, 3.8) is 0 Å². The molecule has 1 aromatic carbocycles. The first kappa shape index (κ1) is 13.2. The van der Waals surface area contributed by atoms with E-state index in [1.54, 1.807) is 25.3 Å². The Kier molecular flexibility index (Phi) is 3.91. The predicted molar refractivity (Wildman–Crippen MR) is 71.1 cm³/mol. The molecule has 1 heterocycles. The van der Waals surface area contributed by atoms with Crippen LogP contribution in [0.15, 0.2) is 24.4 Å². The van der Waals surface area contributed by atoms with Crippen molar-refractivity contribution < 1.29 is 14.2 Å². The van der Waals surface area contributed by atoms with Crippen LogP contribution in [-0.4, -0.2) is 24.2 Å². The zero-order valence-electron chi connectivity index (χ0n) is 10.4. The molecule has 0 amide bonds. The molecular formula is C12H12ClN3O3. The lowest BCUT2D eigenvalue weighted by atomic mass is 10.3. The van der Waals surface area contributed by atoms with Gasteiger partial charge in [-0.2, -0.15) is 4.98 Å². The van der Waals surface area contributed by atoms with Gasteiger partial charge >= 0.3 is 6.01 Å². The van der Waals surface area contributed by atoms with Crippen LogP contribution in [-0.2, 0) is 0 Å². The Morgan fingerprint density at radius 3 is 2.63 bits per heavy atom. The first-order chi connectivity index (χ1) is 9.13. The molecule has 0 radical (unpaired) electrons. The van der Waals surface area contributed by atoms with Crippen molar-refractivity contribution >= 4 is 17.3 Å². The molecule has 0 bridgehead atoms. The van der Waals surface area contributed by atoms with E-state index in [-0.39, 0.29) is 16.9 Å². The highest BCUT2D eigenvalue weighted by atomic mass is 35.5. The molecule has 100 valence electrons. The number of hydrogen-bond acceptors (Lipinski definition) is 6. The number of nitrogens with two attached hydrogens (primary N) is 1. The molecule has 0 saturated heterocycles. The van der Waals surface area contributed by atoms with E-state index in [4.69, 9.17) is 31.5 Å². The van der Waals surface area contributed by atoms with E-state index in [0.29, 0.717) is 17.2 Å². The zero-order valence-corrected chi connectivity index (χ0v) is 11.1. The summed E-state index contributed by atoms with van der Waals surface area (Å²) >= 11 is 5.94. The van der Waals surface area contributed by atoms with Crippen LogP contribution in [0.1, 0.15) is 0 Å². The van der Waals surface area contributed by atoms with Gasteiger partial charge < -0.3 is 19.9 Å². The third kappa shape index (κ3) is 2.97. The highest BCUT2D eigenvalue weighted by Crippen LogP contribution is 2.33. The molecule has 6 nitrogen and oxygen atoms in total. The highest BCUT2D eigenvalue weighted by Gasteiger charge is 2.10. The maximum Gasteiger partial charge on any atom is 0.319 e. The van der Waals surface area contributed by atoms with E-state index >= 15 is 0 Å². The average Bonchev–Trinajstić information content (AvgIpc) is 2.43. The second-order valence-corrected chi connectivity index (χ2v) is 3.92. The number of hydrogen-bond donors (Lipinski definition) is 1. The summed E-state index contributed by atoms with van der Waals surface area (Å²) in [6.07, 6.45) is 1.39. The Morgan fingerprint density at radius 1 is 1.21 bits per heavy atom. The van der Waals surface area contributed by atoms with Crippen molar-refractivity contribution in [1.82, 2.24) is 9.97 Å². The van der Waals surface area contributed by atoms with Crippen molar-refractivity contribution in [2.24, 2.45) is 0 Å². The number of nitrogens with zero attached hydrogens (tertiary/aromatic N) is 2. The van der Waals surface area contributed by atoms with E-state index in [2.05, 4.69) is 9.97 Å².